The van der Waals surface area contributed by atoms with E-state index in [9.17, 15) is 14.4 Å². The van der Waals surface area contributed by atoms with Gasteiger partial charge < -0.3 is 5.32 Å². The third-order valence-electron chi connectivity index (χ3n) is 5.31. The molecule has 2 N–H and O–H groups in total. The van der Waals surface area contributed by atoms with Crippen molar-refractivity contribution in [1.29, 1.82) is 0 Å². The van der Waals surface area contributed by atoms with Crippen LogP contribution in [0.25, 0.3) is 11.0 Å². The zero-order valence-electron chi connectivity index (χ0n) is 14.8. The maximum Gasteiger partial charge on any atom is 0.329 e. The van der Waals surface area contributed by atoms with Crippen LogP contribution in [0, 0.1) is 0 Å². The minimum Gasteiger partial charge on any atom is -0.314 e. The zero-order valence-corrected chi connectivity index (χ0v) is 14.8. The molecule has 8 heteroatoms. The summed E-state index contributed by atoms with van der Waals surface area (Å²) in [5, 5.41) is 5.69. The van der Waals surface area contributed by atoms with Gasteiger partial charge in [0.25, 0.3) is 0 Å². The highest BCUT2D eigenvalue weighted by atomic mass is 16.2. The fourth-order valence-corrected chi connectivity index (χ4v) is 3.99. The molecule has 8 nitrogen and oxygen atoms in total. The third kappa shape index (κ3) is 2.85. The van der Waals surface area contributed by atoms with E-state index in [4.69, 9.17) is 0 Å². The second-order valence-electron chi connectivity index (χ2n) is 6.99. The van der Waals surface area contributed by atoms with Crippen LogP contribution in [0.5, 0.6) is 0 Å². The number of amides is 2. The minimum atomic E-state index is -0.640. The number of imidazole rings is 1. The maximum atomic E-state index is 12.9. The number of imide groups is 1. The summed E-state index contributed by atoms with van der Waals surface area (Å²) in [5.41, 5.74) is 2.47. The molecule has 0 spiro atoms. The molecule has 2 fully saturated rings. The minimum absolute atomic E-state index is 0.220. The normalized spacial score (nSPS) is 22.0. The van der Waals surface area contributed by atoms with E-state index in [-0.39, 0.29) is 18.0 Å². The van der Waals surface area contributed by atoms with E-state index in [1.807, 2.05) is 18.2 Å². The SMILES string of the molecule is Cn1c(=O)n(C2CCC(=O)NC2=O)c2cccc(CN3CCNCC3)c21. The lowest BCUT2D eigenvalue weighted by atomic mass is 10.1. The number of fused-ring (bicyclic) bond motifs is 1. The molecular weight excluding hydrogens is 334 g/mol. The molecule has 0 aliphatic carbocycles. The first-order chi connectivity index (χ1) is 12.6. The van der Waals surface area contributed by atoms with E-state index >= 15 is 0 Å². The van der Waals surface area contributed by atoms with E-state index in [0.29, 0.717) is 6.42 Å². The van der Waals surface area contributed by atoms with Gasteiger partial charge in [0, 0.05) is 46.2 Å². The van der Waals surface area contributed by atoms with Gasteiger partial charge in [-0.2, -0.15) is 0 Å². The van der Waals surface area contributed by atoms with Crippen molar-refractivity contribution in [3.63, 3.8) is 0 Å². The molecule has 3 heterocycles. The molecule has 26 heavy (non-hydrogen) atoms. The van der Waals surface area contributed by atoms with Crippen molar-refractivity contribution in [2.75, 3.05) is 26.2 Å². The van der Waals surface area contributed by atoms with Crippen LogP contribution in [0.2, 0.25) is 0 Å². The number of nitrogens with one attached hydrogen (secondary N) is 2. The highest BCUT2D eigenvalue weighted by Crippen LogP contribution is 2.25. The van der Waals surface area contributed by atoms with E-state index in [0.717, 1.165) is 49.3 Å². The maximum absolute atomic E-state index is 12.9. The molecule has 2 aliphatic rings. The van der Waals surface area contributed by atoms with Crippen LogP contribution in [-0.4, -0.2) is 52.0 Å². The van der Waals surface area contributed by atoms with E-state index in [2.05, 4.69) is 15.5 Å². The van der Waals surface area contributed by atoms with Crippen LogP contribution in [0.15, 0.2) is 23.0 Å². The van der Waals surface area contributed by atoms with Gasteiger partial charge in [-0.3, -0.25) is 28.9 Å². The summed E-state index contributed by atoms with van der Waals surface area (Å²) in [7, 11) is 1.74. The number of benzene rings is 1. The highest BCUT2D eigenvalue weighted by Gasteiger charge is 2.31. The van der Waals surface area contributed by atoms with Gasteiger partial charge in [0.2, 0.25) is 11.8 Å². The molecule has 1 aromatic heterocycles. The molecule has 2 saturated heterocycles. The number of nitrogens with zero attached hydrogens (tertiary/aromatic N) is 3. The Hall–Kier alpha value is -2.45. The molecule has 1 unspecified atom stereocenters. The summed E-state index contributed by atoms with van der Waals surface area (Å²) in [6.45, 7) is 4.64. The largest absolute Gasteiger partial charge is 0.329 e. The molecule has 138 valence electrons. The van der Waals surface area contributed by atoms with E-state index in [1.54, 1.807) is 16.2 Å². The fourth-order valence-electron chi connectivity index (χ4n) is 3.99. The molecule has 4 rings (SSSR count). The predicted molar refractivity (Wildman–Crippen MR) is 96.7 cm³/mol. The Bertz CT molecular complexity index is 923. The number of aryl methyl sites for hydroxylation is 1. The second kappa shape index (κ2) is 6.69. The van der Waals surface area contributed by atoms with Gasteiger partial charge >= 0.3 is 5.69 Å². The standard InChI is InChI=1S/C18H23N5O3/c1-21-16-12(11-22-9-7-19-8-10-22)3-2-4-13(16)23(18(21)26)14-5-6-15(24)20-17(14)25/h2-4,14,19H,5-11H2,1H3,(H,20,24,25). The van der Waals surface area contributed by atoms with Gasteiger partial charge in [0.05, 0.1) is 11.0 Å². The van der Waals surface area contributed by atoms with Crippen LogP contribution >= 0.6 is 0 Å². The number of carbonyl (C=O) groups excluding carboxylic acids is 2. The monoisotopic (exact) mass is 357 g/mol. The molecule has 2 aromatic rings. The lowest BCUT2D eigenvalue weighted by Gasteiger charge is -2.27. The van der Waals surface area contributed by atoms with Crippen molar-refractivity contribution in [3.05, 3.63) is 34.2 Å². The number of carbonyl (C=O) groups is 2. The Morgan fingerprint density at radius 2 is 1.92 bits per heavy atom. The van der Waals surface area contributed by atoms with Gasteiger partial charge in [-0.1, -0.05) is 12.1 Å². The number of hydrogen-bond acceptors (Lipinski definition) is 5. The van der Waals surface area contributed by atoms with Gasteiger partial charge in [-0.05, 0) is 18.1 Å². The summed E-state index contributed by atoms with van der Waals surface area (Å²) in [4.78, 5) is 39.0. The summed E-state index contributed by atoms with van der Waals surface area (Å²) in [6.07, 6.45) is 0.603. The summed E-state index contributed by atoms with van der Waals surface area (Å²) < 4.78 is 3.16. The summed E-state index contributed by atoms with van der Waals surface area (Å²) >= 11 is 0. The first-order valence-corrected chi connectivity index (χ1v) is 9.02. The van der Waals surface area contributed by atoms with Crippen molar-refractivity contribution in [3.8, 4) is 0 Å². The van der Waals surface area contributed by atoms with Crippen molar-refractivity contribution < 1.29 is 9.59 Å². The average Bonchev–Trinajstić information content (AvgIpc) is 2.88. The Labute approximate surface area is 150 Å². The van der Waals surface area contributed by atoms with Crippen LogP contribution in [0.4, 0.5) is 0 Å². The first kappa shape index (κ1) is 17.0. The third-order valence-corrected chi connectivity index (χ3v) is 5.31. The fraction of sp³-hybridized carbons (Fsp3) is 0.500. The van der Waals surface area contributed by atoms with Crippen molar-refractivity contribution in [2.45, 2.75) is 25.4 Å². The number of piperazine rings is 1. The van der Waals surface area contributed by atoms with Crippen molar-refractivity contribution in [1.82, 2.24) is 24.7 Å². The highest BCUT2D eigenvalue weighted by molar-refractivity contribution is 6.00. The number of hydrogen-bond donors (Lipinski definition) is 2. The Morgan fingerprint density at radius 1 is 1.15 bits per heavy atom. The van der Waals surface area contributed by atoms with Crippen LogP contribution in [-0.2, 0) is 23.2 Å². The predicted octanol–water partition coefficient (Wildman–Crippen LogP) is -0.277. The molecular formula is C18H23N5O3. The summed E-state index contributed by atoms with van der Waals surface area (Å²) in [6, 6.07) is 5.21. The molecule has 0 saturated carbocycles. The molecule has 1 aromatic carbocycles. The van der Waals surface area contributed by atoms with E-state index in [1.165, 1.54) is 0 Å². The van der Waals surface area contributed by atoms with E-state index < -0.39 is 11.9 Å². The van der Waals surface area contributed by atoms with Gasteiger partial charge in [-0.15, -0.1) is 0 Å². The smallest absolute Gasteiger partial charge is 0.314 e. The average molecular weight is 357 g/mol. The number of para-hydroxylation sites is 1. The zero-order chi connectivity index (χ0) is 18.3. The molecule has 2 aliphatic heterocycles. The van der Waals surface area contributed by atoms with Crippen LogP contribution in [0.3, 0.4) is 0 Å². The molecule has 0 radical (unpaired) electrons. The number of piperidine rings is 1. The Morgan fingerprint density at radius 3 is 2.65 bits per heavy atom. The van der Waals surface area contributed by atoms with Gasteiger partial charge in [-0.25, -0.2) is 4.79 Å². The topological polar surface area (TPSA) is 88.4 Å². The Kier molecular flexibility index (Phi) is 4.37. The lowest BCUT2D eigenvalue weighted by molar-refractivity contribution is -0.135. The van der Waals surface area contributed by atoms with Crippen LogP contribution < -0.4 is 16.3 Å². The van der Waals surface area contributed by atoms with Gasteiger partial charge in [0.1, 0.15) is 6.04 Å². The second-order valence-corrected chi connectivity index (χ2v) is 6.99. The van der Waals surface area contributed by atoms with Crippen LogP contribution in [0.1, 0.15) is 24.4 Å². The summed E-state index contributed by atoms with van der Waals surface area (Å²) in [5.74, 6) is -0.678. The molecule has 1 atom stereocenters. The number of rotatable bonds is 3. The Balaban J connectivity index is 1.77. The lowest BCUT2D eigenvalue weighted by Crippen LogP contribution is -2.44. The quantitative estimate of drug-likeness (QED) is 0.738. The molecule has 0 bridgehead atoms. The van der Waals surface area contributed by atoms with Gasteiger partial charge in [0.15, 0.2) is 0 Å². The first-order valence-electron chi connectivity index (χ1n) is 9.02. The molecule has 2 amide bonds. The van der Waals surface area contributed by atoms with Crippen molar-refractivity contribution >= 4 is 22.8 Å². The number of aromatic nitrogens is 2. The van der Waals surface area contributed by atoms with Crippen molar-refractivity contribution in [2.24, 2.45) is 7.05 Å².